The van der Waals surface area contributed by atoms with Crippen molar-refractivity contribution in [2.45, 2.75) is 69.9 Å². The van der Waals surface area contributed by atoms with Gasteiger partial charge in [0.1, 0.15) is 24.8 Å². The van der Waals surface area contributed by atoms with Crippen molar-refractivity contribution in [2.24, 2.45) is 9.98 Å². The van der Waals surface area contributed by atoms with E-state index in [0.29, 0.717) is 41.7 Å². The van der Waals surface area contributed by atoms with Crippen molar-refractivity contribution in [3.63, 3.8) is 0 Å². The summed E-state index contributed by atoms with van der Waals surface area (Å²) in [5, 5.41) is 5.09. The monoisotopic (exact) mass is 630 g/mol. The van der Waals surface area contributed by atoms with Gasteiger partial charge in [-0.1, -0.05) is 32.6 Å². The molecule has 2 N–H and O–H groups in total. The van der Waals surface area contributed by atoms with Gasteiger partial charge in [0.25, 0.3) is 0 Å². The molecule has 1 fully saturated rings. The van der Waals surface area contributed by atoms with Crippen LogP contribution in [0.5, 0.6) is 0 Å². The highest BCUT2D eigenvalue weighted by molar-refractivity contribution is 7.98. The molecule has 0 aliphatic carbocycles. The van der Waals surface area contributed by atoms with Crippen LogP contribution in [-0.4, -0.2) is 100 Å². The summed E-state index contributed by atoms with van der Waals surface area (Å²) in [7, 11) is 1.62. The fourth-order valence-corrected chi connectivity index (χ4v) is 5.34. The van der Waals surface area contributed by atoms with Gasteiger partial charge in [0.15, 0.2) is 14.2 Å². The second-order valence-electron chi connectivity index (χ2n) is 11.7. The number of fused-ring (bicyclic) bond motifs is 1. The average molecular weight is 631 g/mol. The number of carbonyl (C=O) groups is 1. The summed E-state index contributed by atoms with van der Waals surface area (Å²) in [5.41, 5.74) is 1.08. The lowest BCUT2D eigenvalue weighted by Gasteiger charge is -2.37. The van der Waals surface area contributed by atoms with Crippen LogP contribution in [-0.2, 0) is 18.7 Å². The van der Waals surface area contributed by atoms with Gasteiger partial charge in [0.2, 0.25) is 0 Å². The predicted molar refractivity (Wildman–Crippen MR) is 163 cm³/mol. The fourth-order valence-electron chi connectivity index (χ4n) is 4.02. The van der Waals surface area contributed by atoms with Gasteiger partial charge in [-0.3, -0.25) is 4.79 Å². The first-order chi connectivity index (χ1) is 19.5. The molecule has 1 aromatic heterocycles. The number of amidine groups is 1. The van der Waals surface area contributed by atoms with Gasteiger partial charge < -0.3 is 34.0 Å². The molecular weight excluding hydrogens is 589 g/mol. The van der Waals surface area contributed by atoms with Gasteiger partial charge in [0, 0.05) is 26.7 Å². The van der Waals surface area contributed by atoms with Crippen LogP contribution in [0.15, 0.2) is 16.2 Å². The molecule has 10 nitrogen and oxygen atoms in total. The van der Waals surface area contributed by atoms with Gasteiger partial charge in [0.05, 0.1) is 42.7 Å². The molecule has 0 unspecified atom stereocenters. The highest BCUT2D eigenvalue weighted by Gasteiger charge is 2.43. The lowest BCUT2D eigenvalue weighted by molar-refractivity contribution is -0.173. The van der Waals surface area contributed by atoms with Crippen LogP contribution >= 0.6 is 11.8 Å². The fraction of sp³-hybridized carbons (Fsp3) is 0.667. The van der Waals surface area contributed by atoms with E-state index in [2.05, 4.69) is 61.0 Å². The third-order valence-corrected chi connectivity index (χ3v) is 12.1. The van der Waals surface area contributed by atoms with Gasteiger partial charge in [-0.2, -0.15) is 13.2 Å². The van der Waals surface area contributed by atoms with E-state index in [4.69, 9.17) is 13.9 Å². The smallest absolute Gasteiger partial charge is 0.414 e. The number of alkyl halides is 3. The first kappa shape index (κ1) is 34.0. The van der Waals surface area contributed by atoms with Crippen LogP contribution in [0.3, 0.4) is 0 Å². The van der Waals surface area contributed by atoms with E-state index >= 15 is 0 Å². The zero-order chi connectivity index (χ0) is 31.3. The Morgan fingerprint density at radius 2 is 2.10 bits per heavy atom. The van der Waals surface area contributed by atoms with Crippen LogP contribution in [0.2, 0.25) is 18.1 Å². The van der Waals surface area contributed by atoms with Crippen molar-refractivity contribution in [1.82, 2.24) is 14.8 Å². The number of aromatic nitrogens is 1. The number of halogens is 3. The Balaban J connectivity index is 1.93. The number of amides is 1. The molecule has 1 amide bonds. The van der Waals surface area contributed by atoms with Crippen LogP contribution in [0.25, 0.3) is 0 Å². The average Bonchev–Trinajstić information content (AvgIpc) is 3.47. The summed E-state index contributed by atoms with van der Waals surface area (Å²) < 4.78 is 58.9. The molecule has 2 aliphatic rings. The molecule has 3 rings (SSSR count). The Morgan fingerprint density at radius 3 is 2.71 bits per heavy atom. The molecular formula is C27H41F3N6O4SSi. The molecule has 15 heteroatoms. The second-order valence-corrected chi connectivity index (χ2v) is 17.4. The van der Waals surface area contributed by atoms with Crippen LogP contribution in [0.4, 0.5) is 19.0 Å². The molecule has 234 valence electrons. The summed E-state index contributed by atoms with van der Waals surface area (Å²) in [4.78, 5) is 21.9. The minimum Gasteiger partial charge on any atom is -0.414 e. The number of nitrogens with zero attached hydrogens (tertiary/aromatic N) is 4. The van der Waals surface area contributed by atoms with Gasteiger partial charge in [-0.25, -0.2) is 9.98 Å². The lowest BCUT2D eigenvalue weighted by atomic mass is 10.1. The molecule has 2 aliphatic heterocycles. The van der Waals surface area contributed by atoms with E-state index in [1.54, 1.807) is 34.5 Å². The van der Waals surface area contributed by atoms with Crippen molar-refractivity contribution < 1.29 is 31.9 Å². The summed E-state index contributed by atoms with van der Waals surface area (Å²) in [6.07, 6.45) is -0.00767. The Hall–Kier alpha value is -2.51. The SMILES string of the molecule is CSCO[C@H]1C[C@H](n2cc(C#CCNC(=O)C(F)(F)F)c3c2NCN=C3N=CN(C)C)O[C@@H]1CO[Si](C)(C)C(C)(C)C. The number of carbonyl (C=O) groups excluding carboxylic acids is 1. The van der Waals surface area contributed by atoms with Gasteiger partial charge in [-0.15, -0.1) is 11.8 Å². The number of aliphatic imine (C=N–C) groups is 2. The predicted octanol–water partition coefficient (Wildman–Crippen LogP) is 4.25. The minimum atomic E-state index is -4.98. The third kappa shape index (κ3) is 8.53. The van der Waals surface area contributed by atoms with Crippen molar-refractivity contribution in [1.29, 1.82) is 0 Å². The van der Waals surface area contributed by atoms with Crippen molar-refractivity contribution >= 4 is 44.0 Å². The first-order valence-corrected chi connectivity index (χ1v) is 17.8. The van der Waals surface area contributed by atoms with Gasteiger partial charge in [-0.05, 0) is 24.4 Å². The van der Waals surface area contributed by atoms with E-state index in [9.17, 15) is 18.0 Å². The molecule has 1 saturated heterocycles. The van der Waals surface area contributed by atoms with E-state index < -0.39 is 33.2 Å². The summed E-state index contributed by atoms with van der Waals surface area (Å²) in [6, 6.07) is 0. The molecule has 0 aromatic carbocycles. The molecule has 0 radical (unpaired) electrons. The van der Waals surface area contributed by atoms with Crippen LogP contribution < -0.4 is 10.6 Å². The molecule has 1 aromatic rings. The minimum absolute atomic E-state index is 0.0417. The number of nitrogens with one attached hydrogen (secondary N) is 2. The summed E-state index contributed by atoms with van der Waals surface area (Å²) in [5.74, 6) is 5.07. The number of thioether (sulfide) groups is 1. The lowest BCUT2D eigenvalue weighted by Crippen LogP contribution is -2.44. The van der Waals surface area contributed by atoms with Crippen LogP contribution in [0, 0.1) is 11.8 Å². The van der Waals surface area contributed by atoms with Gasteiger partial charge >= 0.3 is 12.1 Å². The summed E-state index contributed by atoms with van der Waals surface area (Å²) in [6.45, 7) is 11.1. The van der Waals surface area contributed by atoms with E-state index in [0.717, 1.165) is 0 Å². The number of anilines is 1. The molecule has 0 saturated carbocycles. The maximum absolute atomic E-state index is 12.6. The first-order valence-electron chi connectivity index (χ1n) is 13.5. The van der Waals surface area contributed by atoms with E-state index in [1.807, 2.05) is 24.9 Å². The second kappa shape index (κ2) is 13.9. The largest absolute Gasteiger partial charge is 0.471 e. The zero-order valence-corrected chi connectivity index (χ0v) is 27.2. The van der Waals surface area contributed by atoms with Crippen molar-refractivity contribution in [2.75, 3.05) is 51.4 Å². The highest BCUT2D eigenvalue weighted by atomic mass is 32.2. The maximum atomic E-state index is 12.6. The molecule has 0 bridgehead atoms. The third-order valence-electron chi connectivity index (χ3n) is 7.27. The number of ether oxygens (including phenoxy) is 2. The number of hydrogen-bond donors (Lipinski definition) is 2. The summed E-state index contributed by atoms with van der Waals surface area (Å²) >= 11 is 1.58. The van der Waals surface area contributed by atoms with E-state index in [1.165, 1.54) is 0 Å². The standard InChI is InChI=1S/C27H41F3N6O4SSi/c1-26(2,3)42(7,8)39-14-20-19(38-17-41-6)12-21(40-20)36-13-18(10-9-11-31-25(37)27(28,29)30)22-23(34-16-35(4)5)32-15-33-24(22)36/h13,16,19-21,33H,11-12,14-15,17H2,1-8H3,(H,31,37)/t19-,20+,21+/m0/s1. The molecule has 0 spiro atoms. The topological polar surface area (TPSA) is 102 Å². The van der Waals surface area contributed by atoms with Crippen molar-refractivity contribution in [3.05, 3.63) is 17.3 Å². The van der Waals surface area contributed by atoms with Crippen LogP contribution in [0.1, 0.15) is 44.5 Å². The Morgan fingerprint density at radius 1 is 1.38 bits per heavy atom. The van der Waals surface area contributed by atoms with E-state index in [-0.39, 0.29) is 23.9 Å². The quantitative estimate of drug-likeness (QED) is 0.138. The maximum Gasteiger partial charge on any atom is 0.471 e. The highest BCUT2D eigenvalue weighted by Crippen LogP contribution is 2.40. The molecule has 3 heterocycles. The Labute approximate surface area is 251 Å². The molecule has 3 atom stereocenters. The Bertz CT molecular complexity index is 1230. The van der Waals surface area contributed by atoms with Crippen molar-refractivity contribution in [3.8, 4) is 11.8 Å². The Kier molecular flexibility index (Phi) is 11.2. The normalized spacial score (nSPS) is 20.9. The zero-order valence-electron chi connectivity index (χ0n) is 25.4. The number of rotatable bonds is 9. The number of hydrogen-bond acceptors (Lipinski definition) is 8. The molecule has 42 heavy (non-hydrogen) atoms.